The topological polar surface area (TPSA) is 106 Å². The number of fused-ring (bicyclic) bond motifs is 1. The van der Waals surface area contributed by atoms with Crippen molar-refractivity contribution in [3.63, 3.8) is 0 Å². The number of amides is 1. The van der Waals surface area contributed by atoms with E-state index < -0.39 is 10.8 Å². The quantitative estimate of drug-likeness (QED) is 0.551. The molecule has 0 radical (unpaired) electrons. The van der Waals surface area contributed by atoms with E-state index in [4.69, 9.17) is 0 Å². The zero-order chi connectivity index (χ0) is 19.8. The van der Waals surface area contributed by atoms with Gasteiger partial charge in [-0.1, -0.05) is 0 Å². The van der Waals surface area contributed by atoms with Crippen LogP contribution < -0.4 is 10.2 Å². The molecule has 0 bridgehead atoms. The number of rotatable bonds is 4. The number of aromatic nitrogens is 3. The van der Waals surface area contributed by atoms with Gasteiger partial charge in [-0.2, -0.15) is 5.10 Å². The first-order chi connectivity index (χ1) is 13.4. The molecule has 1 amide bonds. The van der Waals surface area contributed by atoms with Gasteiger partial charge in [0.15, 0.2) is 5.65 Å². The van der Waals surface area contributed by atoms with Gasteiger partial charge in [0.05, 0.1) is 33.8 Å². The van der Waals surface area contributed by atoms with Gasteiger partial charge >= 0.3 is 0 Å². The van der Waals surface area contributed by atoms with Crippen molar-refractivity contribution in [1.29, 1.82) is 0 Å². The van der Waals surface area contributed by atoms with E-state index in [0.717, 1.165) is 42.7 Å². The van der Waals surface area contributed by atoms with Crippen molar-refractivity contribution in [2.45, 2.75) is 19.8 Å². The van der Waals surface area contributed by atoms with E-state index in [9.17, 15) is 14.9 Å². The molecule has 144 valence electrons. The summed E-state index contributed by atoms with van der Waals surface area (Å²) in [6, 6.07) is 6.25. The van der Waals surface area contributed by atoms with E-state index in [2.05, 4.69) is 20.3 Å². The smallest absolute Gasteiger partial charge is 0.270 e. The van der Waals surface area contributed by atoms with E-state index >= 15 is 0 Å². The third-order valence-electron chi connectivity index (χ3n) is 5.00. The lowest BCUT2D eigenvalue weighted by molar-refractivity contribution is -0.384. The second kappa shape index (κ2) is 6.91. The number of pyridine rings is 1. The molecule has 9 heteroatoms. The standard InChI is InChI=1S/C19H20N6O3/c1-12-15-9-13(11-20-18(15)23(2)22-12)21-19(26)16-10-14(25(27)28)5-6-17(16)24-7-3-4-8-24/h5-6,9-11H,3-4,7-8H2,1-2H3,(H,21,26). The molecule has 0 unspecified atom stereocenters. The number of anilines is 2. The number of non-ortho nitro benzene ring substituents is 1. The Labute approximate surface area is 161 Å². The highest BCUT2D eigenvalue weighted by molar-refractivity contribution is 6.09. The summed E-state index contributed by atoms with van der Waals surface area (Å²) in [5.74, 6) is -0.395. The van der Waals surface area contributed by atoms with Gasteiger partial charge in [-0.3, -0.25) is 19.6 Å². The number of carbonyl (C=O) groups is 1. The lowest BCUT2D eigenvalue weighted by Gasteiger charge is -2.20. The predicted molar refractivity (Wildman–Crippen MR) is 106 cm³/mol. The minimum absolute atomic E-state index is 0.107. The van der Waals surface area contributed by atoms with Crippen LogP contribution >= 0.6 is 0 Å². The molecule has 0 atom stereocenters. The molecule has 1 saturated heterocycles. The summed E-state index contributed by atoms with van der Waals surface area (Å²) in [5, 5.41) is 19.2. The molecule has 0 aliphatic carbocycles. The van der Waals surface area contributed by atoms with Gasteiger partial charge in [-0.05, 0) is 31.9 Å². The molecule has 28 heavy (non-hydrogen) atoms. The second-order valence-electron chi connectivity index (χ2n) is 6.91. The van der Waals surface area contributed by atoms with Gasteiger partial charge in [-0.25, -0.2) is 4.98 Å². The van der Waals surface area contributed by atoms with Crippen LogP contribution in [0, 0.1) is 17.0 Å². The maximum atomic E-state index is 13.0. The Bertz CT molecular complexity index is 1080. The van der Waals surface area contributed by atoms with E-state index in [-0.39, 0.29) is 5.69 Å². The Morgan fingerprint density at radius 3 is 2.71 bits per heavy atom. The van der Waals surface area contributed by atoms with Gasteiger partial charge in [0, 0.05) is 37.7 Å². The van der Waals surface area contributed by atoms with Crippen molar-refractivity contribution in [1.82, 2.24) is 14.8 Å². The third-order valence-corrected chi connectivity index (χ3v) is 5.00. The number of nitrogens with one attached hydrogen (secondary N) is 1. The highest BCUT2D eigenvalue weighted by Gasteiger charge is 2.23. The first-order valence-corrected chi connectivity index (χ1v) is 9.08. The van der Waals surface area contributed by atoms with Crippen LogP contribution in [0.1, 0.15) is 28.9 Å². The number of aryl methyl sites for hydroxylation is 2. The number of nitro benzene ring substituents is 1. The summed E-state index contributed by atoms with van der Waals surface area (Å²) in [4.78, 5) is 30.1. The molecular weight excluding hydrogens is 360 g/mol. The summed E-state index contributed by atoms with van der Waals surface area (Å²) in [5.41, 5.74) is 2.96. The lowest BCUT2D eigenvalue weighted by atomic mass is 10.1. The van der Waals surface area contributed by atoms with E-state index in [1.807, 2.05) is 20.0 Å². The number of hydrogen-bond acceptors (Lipinski definition) is 6. The van der Waals surface area contributed by atoms with Crippen LogP contribution in [0.4, 0.5) is 17.1 Å². The highest BCUT2D eigenvalue weighted by atomic mass is 16.6. The molecule has 1 aromatic carbocycles. The molecule has 1 N–H and O–H groups in total. The SMILES string of the molecule is Cc1nn(C)c2ncc(NC(=O)c3cc([N+](=O)[O-])ccc3N3CCCC3)cc12. The fourth-order valence-corrected chi connectivity index (χ4v) is 3.63. The average Bonchev–Trinajstić information content (AvgIpc) is 3.30. The van der Waals surface area contributed by atoms with Gasteiger partial charge in [0.25, 0.3) is 11.6 Å². The van der Waals surface area contributed by atoms with Gasteiger partial charge in [0.2, 0.25) is 0 Å². The normalized spacial score (nSPS) is 13.9. The molecular formula is C19H20N6O3. The monoisotopic (exact) mass is 380 g/mol. The number of benzene rings is 1. The van der Waals surface area contributed by atoms with Gasteiger partial charge in [0.1, 0.15) is 0 Å². The summed E-state index contributed by atoms with van der Waals surface area (Å²) in [7, 11) is 1.81. The molecule has 1 aliphatic heterocycles. The summed E-state index contributed by atoms with van der Waals surface area (Å²) < 4.78 is 1.68. The van der Waals surface area contributed by atoms with Crippen molar-refractivity contribution >= 4 is 34.0 Å². The molecule has 2 aromatic heterocycles. The Morgan fingerprint density at radius 1 is 1.25 bits per heavy atom. The van der Waals surface area contributed by atoms with Crippen LogP contribution in [0.15, 0.2) is 30.5 Å². The Morgan fingerprint density at radius 2 is 2.00 bits per heavy atom. The number of nitrogens with zero attached hydrogens (tertiary/aromatic N) is 5. The van der Waals surface area contributed by atoms with Crippen LogP contribution in [0.25, 0.3) is 11.0 Å². The predicted octanol–water partition coefficient (Wildman–Crippen LogP) is 3.04. The first-order valence-electron chi connectivity index (χ1n) is 9.08. The van der Waals surface area contributed by atoms with Crippen LogP contribution in [0.5, 0.6) is 0 Å². The van der Waals surface area contributed by atoms with E-state index in [0.29, 0.717) is 16.9 Å². The number of nitro groups is 1. The summed E-state index contributed by atoms with van der Waals surface area (Å²) >= 11 is 0. The third kappa shape index (κ3) is 3.15. The molecule has 1 aliphatic rings. The molecule has 9 nitrogen and oxygen atoms in total. The second-order valence-corrected chi connectivity index (χ2v) is 6.91. The number of carbonyl (C=O) groups excluding carboxylic acids is 1. The molecule has 1 fully saturated rings. The Kier molecular flexibility index (Phi) is 4.42. The molecule has 3 heterocycles. The van der Waals surface area contributed by atoms with Crippen molar-refractivity contribution < 1.29 is 9.72 Å². The van der Waals surface area contributed by atoms with Crippen molar-refractivity contribution in [2.24, 2.45) is 7.05 Å². The maximum Gasteiger partial charge on any atom is 0.270 e. The van der Waals surface area contributed by atoms with E-state index in [1.165, 1.54) is 12.1 Å². The summed E-state index contributed by atoms with van der Waals surface area (Å²) in [6.07, 6.45) is 3.64. The fraction of sp³-hybridized carbons (Fsp3) is 0.316. The fourth-order valence-electron chi connectivity index (χ4n) is 3.63. The molecule has 0 saturated carbocycles. The van der Waals surface area contributed by atoms with Crippen LogP contribution in [0.2, 0.25) is 0 Å². The zero-order valence-electron chi connectivity index (χ0n) is 15.7. The van der Waals surface area contributed by atoms with Crippen LogP contribution in [0.3, 0.4) is 0 Å². The minimum atomic E-state index is -0.489. The zero-order valence-corrected chi connectivity index (χ0v) is 15.7. The first kappa shape index (κ1) is 17.9. The molecule has 0 spiro atoms. The largest absolute Gasteiger partial charge is 0.371 e. The van der Waals surface area contributed by atoms with Gasteiger partial charge < -0.3 is 10.2 Å². The van der Waals surface area contributed by atoms with Crippen LogP contribution in [-0.4, -0.2) is 38.7 Å². The maximum absolute atomic E-state index is 13.0. The van der Waals surface area contributed by atoms with Crippen LogP contribution in [-0.2, 0) is 7.05 Å². The van der Waals surface area contributed by atoms with Crippen molar-refractivity contribution in [2.75, 3.05) is 23.3 Å². The van der Waals surface area contributed by atoms with Gasteiger partial charge in [-0.15, -0.1) is 0 Å². The minimum Gasteiger partial charge on any atom is -0.371 e. The average molecular weight is 380 g/mol. The van der Waals surface area contributed by atoms with Crippen molar-refractivity contribution in [3.8, 4) is 0 Å². The molecule has 4 rings (SSSR count). The summed E-state index contributed by atoms with van der Waals surface area (Å²) in [6.45, 7) is 3.54. The van der Waals surface area contributed by atoms with Crippen molar-refractivity contribution in [3.05, 3.63) is 51.8 Å². The Balaban J connectivity index is 1.69. The van der Waals surface area contributed by atoms with E-state index in [1.54, 1.807) is 16.9 Å². The lowest BCUT2D eigenvalue weighted by Crippen LogP contribution is -2.23. The Hall–Kier alpha value is -3.49. The highest BCUT2D eigenvalue weighted by Crippen LogP contribution is 2.29. The molecule has 3 aromatic rings. The number of hydrogen-bond donors (Lipinski definition) is 1.